The minimum Gasteiger partial charge on any atom is -0.377 e. The lowest BCUT2D eigenvalue weighted by atomic mass is 10.3. The van der Waals surface area contributed by atoms with Crippen molar-refractivity contribution in [2.24, 2.45) is 0 Å². The summed E-state index contributed by atoms with van der Waals surface area (Å²) in [4.78, 5) is 2.04. The highest BCUT2D eigenvalue weighted by molar-refractivity contribution is 9.10. The zero-order chi connectivity index (χ0) is 7.56. The maximum absolute atomic E-state index is 3.40. The summed E-state index contributed by atoms with van der Waals surface area (Å²) in [5.74, 6) is 0. The molecule has 0 amide bonds. The molecule has 0 aromatic heterocycles. The molecular weight excluding hydrogens is 190 g/mol. The van der Waals surface area contributed by atoms with Crippen LogP contribution in [0.3, 0.4) is 0 Å². The molecule has 0 heterocycles. The van der Waals surface area contributed by atoms with Crippen LogP contribution in [-0.2, 0) is 0 Å². The predicted octanol–water partition coefficient (Wildman–Crippen LogP) is 2.32. The van der Waals surface area contributed by atoms with Crippen molar-refractivity contribution in [2.75, 3.05) is 19.0 Å². The molecule has 0 spiro atoms. The van der Waals surface area contributed by atoms with E-state index in [0.29, 0.717) is 0 Å². The molecule has 10 heavy (non-hydrogen) atoms. The Bertz CT molecular complexity index is 220. The molecule has 0 aliphatic rings. The van der Waals surface area contributed by atoms with Gasteiger partial charge in [0.1, 0.15) is 0 Å². The highest BCUT2D eigenvalue weighted by Gasteiger charge is 1.97. The fourth-order valence-electron chi connectivity index (χ4n) is 0.753. The van der Waals surface area contributed by atoms with Crippen molar-refractivity contribution < 1.29 is 0 Å². The number of hydrogen-bond donors (Lipinski definition) is 0. The van der Waals surface area contributed by atoms with Crippen LogP contribution in [0.5, 0.6) is 0 Å². The zero-order valence-electron chi connectivity index (χ0n) is 6.06. The van der Waals surface area contributed by atoms with Gasteiger partial charge in [0.05, 0.1) is 5.69 Å². The summed E-state index contributed by atoms with van der Waals surface area (Å²) in [6, 6.07) is 8.96. The molecule has 1 rings (SSSR count). The summed E-state index contributed by atoms with van der Waals surface area (Å²) in [5.41, 5.74) is 1.16. The zero-order valence-corrected chi connectivity index (χ0v) is 7.64. The summed E-state index contributed by atoms with van der Waals surface area (Å²) in [6.45, 7) is 0. The van der Waals surface area contributed by atoms with Crippen LogP contribution in [0.2, 0.25) is 0 Å². The van der Waals surface area contributed by atoms with Crippen molar-refractivity contribution in [2.45, 2.75) is 0 Å². The molecule has 1 aromatic carbocycles. The Balaban J connectivity index is 3.03. The average Bonchev–Trinajstić information content (AvgIpc) is 1.88. The summed E-state index contributed by atoms with van der Waals surface area (Å²) in [5, 5.41) is 0. The van der Waals surface area contributed by atoms with Crippen molar-refractivity contribution in [3.8, 4) is 0 Å². The van der Waals surface area contributed by atoms with Gasteiger partial charge in [0, 0.05) is 18.6 Å². The quantitative estimate of drug-likeness (QED) is 0.670. The number of hydrogen-bond acceptors (Lipinski definition) is 1. The lowest BCUT2D eigenvalue weighted by Gasteiger charge is -2.13. The van der Waals surface area contributed by atoms with Crippen LogP contribution in [0.1, 0.15) is 0 Å². The van der Waals surface area contributed by atoms with Crippen molar-refractivity contribution in [3.63, 3.8) is 0 Å². The second kappa shape index (κ2) is 3.06. The van der Waals surface area contributed by atoms with Crippen LogP contribution in [0.4, 0.5) is 5.69 Å². The van der Waals surface area contributed by atoms with Gasteiger partial charge in [-0.05, 0) is 28.1 Å². The highest BCUT2D eigenvalue weighted by atomic mass is 79.9. The normalized spacial score (nSPS) is 9.50. The lowest BCUT2D eigenvalue weighted by Crippen LogP contribution is -2.08. The Morgan fingerprint density at radius 3 is 2.60 bits per heavy atom. The first-order valence-electron chi connectivity index (χ1n) is 3.05. The van der Waals surface area contributed by atoms with Crippen LogP contribution in [0.25, 0.3) is 0 Å². The molecule has 0 atom stereocenters. The monoisotopic (exact) mass is 198 g/mol. The van der Waals surface area contributed by atoms with Crippen LogP contribution in [0, 0.1) is 6.07 Å². The molecule has 0 N–H and O–H groups in total. The second-order valence-corrected chi connectivity index (χ2v) is 3.06. The molecule has 0 unspecified atom stereocenters. The minimum absolute atomic E-state index is 1.01. The minimum atomic E-state index is 1.01. The van der Waals surface area contributed by atoms with Gasteiger partial charge in [-0.15, -0.1) is 0 Å². The molecule has 0 saturated carbocycles. The van der Waals surface area contributed by atoms with E-state index in [4.69, 9.17) is 0 Å². The molecule has 1 nitrogen and oxygen atoms in total. The van der Waals surface area contributed by atoms with Gasteiger partial charge in [-0.25, -0.2) is 0 Å². The molecule has 0 bridgehead atoms. The van der Waals surface area contributed by atoms with Crippen molar-refractivity contribution in [1.82, 2.24) is 0 Å². The van der Waals surface area contributed by atoms with Gasteiger partial charge in [-0.1, -0.05) is 12.1 Å². The fourth-order valence-corrected chi connectivity index (χ4v) is 1.37. The van der Waals surface area contributed by atoms with E-state index in [-0.39, 0.29) is 0 Å². The van der Waals surface area contributed by atoms with Crippen LogP contribution >= 0.6 is 15.9 Å². The molecule has 1 radical (unpaired) electrons. The lowest BCUT2D eigenvalue weighted by molar-refractivity contribution is 1.12. The van der Waals surface area contributed by atoms with Crippen molar-refractivity contribution in [3.05, 3.63) is 28.7 Å². The summed E-state index contributed by atoms with van der Waals surface area (Å²) < 4.78 is 1.01. The molecule has 0 aliphatic carbocycles. The Morgan fingerprint density at radius 1 is 1.50 bits per heavy atom. The average molecular weight is 199 g/mol. The van der Waals surface area contributed by atoms with E-state index >= 15 is 0 Å². The largest absolute Gasteiger partial charge is 0.377 e. The van der Waals surface area contributed by atoms with Crippen LogP contribution in [0.15, 0.2) is 22.7 Å². The first-order valence-corrected chi connectivity index (χ1v) is 3.84. The summed E-state index contributed by atoms with van der Waals surface area (Å²) >= 11 is 3.40. The van der Waals surface area contributed by atoms with E-state index in [1.165, 1.54) is 0 Å². The van der Waals surface area contributed by atoms with E-state index in [9.17, 15) is 0 Å². The molecule has 0 saturated heterocycles. The van der Waals surface area contributed by atoms with Gasteiger partial charge in [0.25, 0.3) is 0 Å². The number of nitrogens with zero attached hydrogens (tertiary/aromatic N) is 1. The standard InChI is InChI=1S/C8H9BrN/c1-10(2)8-6-4-3-5-7(8)9/h3-4,6H,1-2H3. The van der Waals surface area contributed by atoms with Crippen LogP contribution < -0.4 is 4.90 Å². The Morgan fingerprint density at radius 2 is 2.20 bits per heavy atom. The van der Waals surface area contributed by atoms with Crippen LogP contribution in [-0.4, -0.2) is 14.1 Å². The van der Waals surface area contributed by atoms with E-state index < -0.39 is 0 Å². The molecule has 53 valence electrons. The first-order chi connectivity index (χ1) is 4.72. The van der Waals surface area contributed by atoms with E-state index in [1.54, 1.807) is 0 Å². The number of rotatable bonds is 1. The van der Waals surface area contributed by atoms with Gasteiger partial charge < -0.3 is 4.90 Å². The van der Waals surface area contributed by atoms with Gasteiger partial charge >= 0.3 is 0 Å². The Kier molecular flexibility index (Phi) is 2.33. The van der Waals surface area contributed by atoms with Gasteiger partial charge in [-0.2, -0.15) is 0 Å². The number of benzene rings is 1. The molecule has 0 fully saturated rings. The molecular formula is C8H9BrN. The number of anilines is 1. The predicted molar refractivity (Wildman–Crippen MR) is 47.3 cm³/mol. The van der Waals surface area contributed by atoms with Crippen molar-refractivity contribution >= 4 is 21.6 Å². The Labute approximate surface area is 69.8 Å². The summed E-state index contributed by atoms with van der Waals surface area (Å²) in [7, 11) is 4.02. The SMILES string of the molecule is CN(C)c1ccc[c]c1Br. The number of halogens is 1. The maximum atomic E-state index is 3.40. The Hall–Kier alpha value is -0.500. The van der Waals surface area contributed by atoms with E-state index in [0.717, 1.165) is 10.2 Å². The first kappa shape index (κ1) is 7.61. The van der Waals surface area contributed by atoms with Crippen molar-refractivity contribution in [1.29, 1.82) is 0 Å². The molecule has 0 aliphatic heterocycles. The third kappa shape index (κ3) is 1.51. The topological polar surface area (TPSA) is 3.24 Å². The fraction of sp³-hybridized carbons (Fsp3) is 0.250. The van der Waals surface area contributed by atoms with E-state index in [1.807, 2.05) is 37.2 Å². The van der Waals surface area contributed by atoms with Gasteiger partial charge in [0.15, 0.2) is 0 Å². The van der Waals surface area contributed by atoms with Gasteiger partial charge in [0.2, 0.25) is 0 Å². The maximum Gasteiger partial charge on any atom is 0.0511 e. The third-order valence-electron chi connectivity index (χ3n) is 1.27. The molecule has 2 heteroatoms. The second-order valence-electron chi connectivity index (χ2n) is 2.26. The summed E-state index contributed by atoms with van der Waals surface area (Å²) in [6.07, 6.45) is 0. The third-order valence-corrected chi connectivity index (χ3v) is 1.90. The van der Waals surface area contributed by atoms with E-state index in [2.05, 4.69) is 22.0 Å². The highest BCUT2D eigenvalue weighted by Crippen LogP contribution is 2.22. The molecule has 1 aromatic rings. The van der Waals surface area contributed by atoms with Gasteiger partial charge in [-0.3, -0.25) is 0 Å². The smallest absolute Gasteiger partial charge is 0.0511 e.